The van der Waals surface area contributed by atoms with Crippen LogP contribution in [0.2, 0.25) is 5.02 Å². The van der Waals surface area contributed by atoms with E-state index in [1.165, 1.54) is 5.56 Å². The lowest BCUT2D eigenvalue weighted by molar-refractivity contribution is -0.121. The summed E-state index contributed by atoms with van der Waals surface area (Å²) in [7, 11) is 0. The number of nitrogens with zero attached hydrogens (tertiary/aromatic N) is 4. The zero-order valence-electron chi connectivity index (χ0n) is 18.3. The predicted octanol–water partition coefficient (Wildman–Crippen LogP) is 4.98. The first-order valence-corrected chi connectivity index (χ1v) is 11.7. The van der Waals surface area contributed by atoms with Crippen LogP contribution in [0.1, 0.15) is 24.2 Å². The normalized spacial score (nSPS) is 16.7. The molecule has 168 valence electrons. The highest BCUT2D eigenvalue weighted by Crippen LogP contribution is 2.24. The number of likely N-dealkylation sites (tertiary alicyclic amines) is 1. The average Bonchev–Trinajstić information content (AvgIpc) is 3.18. The molecule has 6 nitrogen and oxygen atoms in total. The molecule has 2 aromatic heterocycles. The van der Waals surface area contributed by atoms with E-state index in [9.17, 15) is 4.79 Å². The molecule has 0 bridgehead atoms. The van der Waals surface area contributed by atoms with Crippen LogP contribution in [0.4, 0.5) is 5.69 Å². The molecule has 3 heterocycles. The highest BCUT2D eigenvalue weighted by molar-refractivity contribution is 6.30. The van der Waals surface area contributed by atoms with E-state index in [0.717, 1.165) is 60.0 Å². The topological polar surface area (TPSA) is 63.1 Å². The van der Waals surface area contributed by atoms with Crippen LogP contribution in [0.25, 0.3) is 11.0 Å². The second kappa shape index (κ2) is 9.73. The van der Waals surface area contributed by atoms with E-state index < -0.39 is 0 Å². The zero-order valence-corrected chi connectivity index (χ0v) is 19.1. The van der Waals surface area contributed by atoms with Crippen molar-refractivity contribution >= 4 is 34.2 Å². The molecule has 1 aliphatic heterocycles. The first-order chi connectivity index (χ1) is 16.2. The summed E-state index contributed by atoms with van der Waals surface area (Å²) in [6.45, 7) is 3.12. The lowest BCUT2D eigenvalue weighted by Gasteiger charge is -2.31. The number of imidazole rings is 1. The van der Waals surface area contributed by atoms with Gasteiger partial charge in [-0.3, -0.25) is 14.7 Å². The van der Waals surface area contributed by atoms with Crippen molar-refractivity contribution in [2.45, 2.75) is 25.9 Å². The van der Waals surface area contributed by atoms with Gasteiger partial charge in [0.2, 0.25) is 5.91 Å². The van der Waals surface area contributed by atoms with Crippen LogP contribution in [-0.2, 0) is 17.9 Å². The summed E-state index contributed by atoms with van der Waals surface area (Å²) in [6.07, 6.45) is 5.27. The van der Waals surface area contributed by atoms with Gasteiger partial charge in [0.25, 0.3) is 0 Å². The molecule has 5 rings (SSSR count). The SMILES string of the molecule is O=C(Nc1ccncc1)[C@H]1CCCN(Cc2nc3ccccc3n2Cc2ccc(Cl)cc2)C1. The third-order valence-corrected chi connectivity index (χ3v) is 6.43. The number of nitrogens with one attached hydrogen (secondary N) is 1. The summed E-state index contributed by atoms with van der Waals surface area (Å²) in [5, 5.41) is 3.76. The molecule has 1 fully saturated rings. The van der Waals surface area contributed by atoms with Crippen molar-refractivity contribution in [2.24, 2.45) is 5.92 Å². The van der Waals surface area contributed by atoms with Gasteiger partial charge in [0.1, 0.15) is 5.82 Å². The van der Waals surface area contributed by atoms with Gasteiger partial charge >= 0.3 is 0 Å². The first-order valence-electron chi connectivity index (χ1n) is 11.3. The number of pyridine rings is 1. The standard InChI is InChI=1S/C26H26ClN5O/c27-21-9-7-19(8-10-21)16-32-24-6-2-1-5-23(24)30-25(32)18-31-15-3-4-20(17-31)26(33)29-22-11-13-28-14-12-22/h1-2,5-14,20H,3-4,15-18H2,(H,28,29,33)/t20-/m0/s1. The van der Waals surface area contributed by atoms with E-state index >= 15 is 0 Å². The van der Waals surface area contributed by atoms with Crippen molar-refractivity contribution in [3.8, 4) is 0 Å². The molecule has 1 saturated heterocycles. The number of hydrogen-bond donors (Lipinski definition) is 1. The summed E-state index contributed by atoms with van der Waals surface area (Å²) >= 11 is 6.08. The highest BCUT2D eigenvalue weighted by Gasteiger charge is 2.27. The molecule has 1 aliphatic rings. The number of fused-ring (bicyclic) bond motifs is 1. The van der Waals surface area contributed by atoms with Crippen molar-refractivity contribution in [1.82, 2.24) is 19.4 Å². The largest absolute Gasteiger partial charge is 0.326 e. The van der Waals surface area contributed by atoms with E-state index in [1.807, 2.05) is 36.4 Å². The van der Waals surface area contributed by atoms with Gasteiger partial charge in [-0.2, -0.15) is 0 Å². The molecule has 33 heavy (non-hydrogen) atoms. The van der Waals surface area contributed by atoms with Crippen LogP contribution in [-0.4, -0.2) is 38.4 Å². The Morgan fingerprint density at radius 1 is 1.03 bits per heavy atom. The molecule has 1 N–H and O–H groups in total. The predicted molar refractivity (Wildman–Crippen MR) is 131 cm³/mol. The molecule has 0 radical (unpaired) electrons. The molecule has 0 aliphatic carbocycles. The number of aromatic nitrogens is 3. The van der Waals surface area contributed by atoms with Crippen molar-refractivity contribution in [1.29, 1.82) is 0 Å². The summed E-state index contributed by atoms with van der Waals surface area (Å²) in [5.74, 6) is 1.04. The molecule has 4 aromatic rings. The Bertz CT molecular complexity index is 1240. The Morgan fingerprint density at radius 2 is 1.82 bits per heavy atom. The fraction of sp³-hybridized carbons (Fsp3) is 0.269. The third kappa shape index (κ3) is 5.07. The average molecular weight is 460 g/mol. The molecule has 2 aromatic carbocycles. The highest BCUT2D eigenvalue weighted by atomic mass is 35.5. The van der Waals surface area contributed by atoms with Gasteiger partial charge < -0.3 is 9.88 Å². The quantitative estimate of drug-likeness (QED) is 0.441. The Kier molecular flexibility index (Phi) is 6.37. The number of rotatable bonds is 6. The molecular weight excluding hydrogens is 434 g/mol. The number of carbonyl (C=O) groups is 1. The fourth-order valence-corrected chi connectivity index (χ4v) is 4.61. The number of para-hydroxylation sites is 2. The first kappa shape index (κ1) is 21.6. The number of piperidine rings is 1. The van der Waals surface area contributed by atoms with Crippen LogP contribution in [0.15, 0.2) is 73.1 Å². The van der Waals surface area contributed by atoms with Crippen LogP contribution >= 0.6 is 11.6 Å². The minimum atomic E-state index is -0.0407. The summed E-state index contributed by atoms with van der Waals surface area (Å²) in [4.78, 5) is 24.2. The summed E-state index contributed by atoms with van der Waals surface area (Å²) < 4.78 is 2.28. The maximum absolute atomic E-state index is 12.9. The minimum Gasteiger partial charge on any atom is -0.326 e. The van der Waals surface area contributed by atoms with Gasteiger partial charge in [0, 0.05) is 36.2 Å². The van der Waals surface area contributed by atoms with Crippen LogP contribution < -0.4 is 5.32 Å². The molecule has 1 atom stereocenters. The van der Waals surface area contributed by atoms with E-state index in [0.29, 0.717) is 6.54 Å². The molecular formula is C26H26ClN5O. The number of anilines is 1. The van der Waals surface area contributed by atoms with Crippen LogP contribution in [0, 0.1) is 5.92 Å². The lowest BCUT2D eigenvalue weighted by Crippen LogP contribution is -2.40. The van der Waals surface area contributed by atoms with Gasteiger partial charge in [-0.1, -0.05) is 35.9 Å². The number of amides is 1. The maximum Gasteiger partial charge on any atom is 0.228 e. The molecule has 7 heteroatoms. The number of hydrogen-bond acceptors (Lipinski definition) is 4. The van der Waals surface area contributed by atoms with Crippen LogP contribution in [0.5, 0.6) is 0 Å². The van der Waals surface area contributed by atoms with E-state index in [2.05, 4.69) is 44.0 Å². The Labute approximate surface area is 198 Å². The lowest BCUT2D eigenvalue weighted by atomic mass is 9.97. The third-order valence-electron chi connectivity index (χ3n) is 6.18. The Morgan fingerprint density at radius 3 is 2.64 bits per heavy atom. The van der Waals surface area contributed by atoms with Gasteiger partial charge in [-0.05, 0) is 61.3 Å². The summed E-state index contributed by atoms with van der Waals surface area (Å²) in [5.41, 5.74) is 4.07. The maximum atomic E-state index is 12.9. The second-order valence-corrected chi connectivity index (χ2v) is 8.97. The number of benzene rings is 2. The zero-order chi connectivity index (χ0) is 22.6. The number of halogens is 1. The Hall–Kier alpha value is -3.22. The van der Waals surface area contributed by atoms with Gasteiger partial charge in [0.05, 0.1) is 23.5 Å². The molecule has 1 amide bonds. The van der Waals surface area contributed by atoms with Gasteiger partial charge in [-0.25, -0.2) is 4.98 Å². The van der Waals surface area contributed by atoms with Gasteiger partial charge in [-0.15, -0.1) is 0 Å². The van der Waals surface area contributed by atoms with E-state index in [-0.39, 0.29) is 11.8 Å². The van der Waals surface area contributed by atoms with Gasteiger partial charge in [0.15, 0.2) is 0 Å². The Balaban J connectivity index is 1.34. The van der Waals surface area contributed by atoms with E-state index in [1.54, 1.807) is 12.4 Å². The monoisotopic (exact) mass is 459 g/mol. The smallest absolute Gasteiger partial charge is 0.228 e. The summed E-state index contributed by atoms with van der Waals surface area (Å²) in [6, 6.07) is 19.8. The fourth-order valence-electron chi connectivity index (χ4n) is 4.49. The number of carbonyl (C=O) groups excluding carboxylic acids is 1. The molecule has 0 spiro atoms. The minimum absolute atomic E-state index is 0.0407. The van der Waals surface area contributed by atoms with Crippen LogP contribution in [0.3, 0.4) is 0 Å². The molecule has 0 saturated carbocycles. The van der Waals surface area contributed by atoms with Crippen molar-refractivity contribution in [2.75, 3.05) is 18.4 Å². The van der Waals surface area contributed by atoms with Crippen molar-refractivity contribution in [3.63, 3.8) is 0 Å². The molecule has 0 unspecified atom stereocenters. The van der Waals surface area contributed by atoms with Crippen molar-refractivity contribution in [3.05, 3.63) is 89.5 Å². The second-order valence-electron chi connectivity index (χ2n) is 8.53. The van der Waals surface area contributed by atoms with Crippen molar-refractivity contribution < 1.29 is 4.79 Å². The van der Waals surface area contributed by atoms with E-state index in [4.69, 9.17) is 16.6 Å².